The second-order valence-electron chi connectivity index (χ2n) is 6.49. The van der Waals surface area contributed by atoms with Crippen molar-refractivity contribution in [3.8, 4) is 11.4 Å². The molecule has 1 heterocycles. The lowest BCUT2D eigenvalue weighted by Crippen LogP contribution is -2.20. The summed E-state index contributed by atoms with van der Waals surface area (Å²) < 4.78 is 0. The van der Waals surface area contributed by atoms with Gasteiger partial charge in [0.1, 0.15) is 6.54 Å². The number of nitrogens with zero attached hydrogens (tertiary/aromatic N) is 4. The van der Waals surface area contributed by atoms with Crippen LogP contribution in [0.3, 0.4) is 0 Å². The second-order valence-corrected chi connectivity index (χ2v) is 6.49. The van der Waals surface area contributed by atoms with E-state index >= 15 is 0 Å². The van der Waals surface area contributed by atoms with Gasteiger partial charge in [-0.05, 0) is 42.2 Å². The lowest BCUT2D eigenvalue weighted by Gasteiger charge is -2.10. The van der Waals surface area contributed by atoms with Gasteiger partial charge >= 0.3 is 0 Å². The summed E-state index contributed by atoms with van der Waals surface area (Å²) in [6.07, 6.45) is 1.09. The fraction of sp³-hybridized carbons (Fsp3) is 0.300. The molecule has 1 aromatic heterocycles. The Morgan fingerprint density at radius 2 is 1.81 bits per heavy atom. The van der Waals surface area contributed by atoms with E-state index in [0.717, 1.165) is 17.7 Å². The predicted molar refractivity (Wildman–Crippen MR) is 102 cm³/mol. The van der Waals surface area contributed by atoms with Gasteiger partial charge in [-0.25, -0.2) is 0 Å². The molecule has 6 nitrogen and oxygen atoms in total. The van der Waals surface area contributed by atoms with E-state index < -0.39 is 0 Å². The fourth-order valence-electron chi connectivity index (χ4n) is 2.59. The van der Waals surface area contributed by atoms with Gasteiger partial charge in [0.25, 0.3) is 0 Å². The van der Waals surface area contributed by atoms with Gasteiger partial charge in [-0.15, -0.1) is 10.2 Å². The van der Waals surface area contributed by atoms with Gasteiger partial charge < -0.3 is 5.32 Å². The lowest BCUT2D eigenvalue weighted by atomic mass is 9.99. The van der Waals surface area contributed by atoms with Gasteiger partial charge in [0.15, 0.2) is 0 Å². The molecular formula is C20H23N5O. The molecule has 0 unspecified atom stereocenters. The van der Waals surface area contributed by atoms with Crippen LogP contribution < -0.4 is 5.32 Å². The Morgan fingerprint density at radius 3 is 2.46 bits per heavy atom. The van der Waals surface area contributed by atoms with E-state index in [0.29, 0.717) is 11.7 Å². The third-order valence-electron chi connectivity index (χ3n) is 4.42. The number of amides is 1. The largest absolute Gasteiger partial charge is 0.324 e. The number of hydrogen-bond acceptors (Lipinski definition) is 4. The molecule has 0 saturated heterocycles. The number of aromatic nitrogens is 4. The van der Waals surface area contributed by atoms with Crippen LogP contribution in [0.2, 0.25) is 0 Å². The minimum atomic E-state index is -0.186. The van der Waals surface area contributed by atoms with Crippen molar-refractivity contribution in [2.45, 2.75) is 39.7 Å². The molecule has 0 radical (unpaired) electrons. The third-order valence-corrected chi connectivity index (χ3v) is 4.42. The summed E-state index contributed by atoms with van der Waals surface area (Å²) in [5, 5.41) is 15.1. The molecule has 0 bridgehead atoms. The average molecular weight is 349 g/mol. The fourth-order valence-corrected chi connectivity index (χ4v) is 2.59. The Hall–Kier alpha value is -3.02. The number of nitrogens with one attached hydrogen (secondary N) is 1. The van der Waals surface area contributed by atoms with Crippen molar-refractivity contribution in [1.82, 2.24) is 20.2 Å². The first-order chi connectivity index (χ1) is 12.5. The van der Waals surface area contributed by atoms with Crippen molar-refractivity contribution in [3.05, 3.63) is 59.7 Å². The first-order valence-corrected chi connectivity index (χ1v) is 8.80. The molecule has 3 rings (SSSR count). The molecule has 6 heteroatoms. The summed E-state index contributed by atoms with van der Waals surface area (Å²) in [5.41, 5.74) is 4.08. The smallest absolute Gasteiger partial charge is 0.248 e. The molecule has 0 spiro atoms. The maximum Gasteiger partial charge on any atom is 0.248 e. The van der Waals surface area contributed by atoms with E-state index in [1.807, 2.05) is 55.5 Å². The molecule has 3 aromatic rings. The Bertz CT molecular complexity index is 868. The number of aryl methyl sites for hydroxylation is 1. The van der Waals surface area contributed by atoms with Crippen LogP contribution in [0.25, 0.3) is 11.4 Å². The number of benzene rings is 2. The number of rotatable bonds is 6. The van der Waals surface area contributed by atoms with Crippen LogP contribution in [-0.4, -0.2) is 26.1 Å². The molecule has 1 atom stereocenters. The molecule has 0 fully saturated rings. The van der Waals surface area contributed by atoms with Crippen molar-refractivity contribution in [3.63, 3.8) is 0 Å². The van der Waals surface area contributed by atoms with Crippen LogP contribution in [0.5, 0.6) is 0 Å². The minimum Gasteiger partial charge on any atom is -0.324 e. The normalized spacial score (nSPS) is 12.0. The van der Waals surface area contributed by atoms with Crippen LogP contribution in [0.15, 0.2) is 48.5 Å². The maximum absolute atomic E-state index is 12.2. The first kappa shape index (κ1) is 17.8. The molecule has 0 aliphatic carbocycles. The Kier molecular flexibility index (Phi) is 5.41. The molecule has 0 aliphatic rings. The quantitative estimate of drug-likeness (QED) is 0.734. The van der Waals surface area contributed by atoms with Gasteiger partial charge in [0, 0.05) is 11.3 Å². The number of hydrogen-bond donors (Lipinski definition) is 1. The van der Waals surface area contributed by atoms with E-state index in [2.05, 4.69) is 34.6 Å². The highest BCUT2D eigenvalue weighted by molar-refractivity contribution is 5.90. The molecule has 26 heavy (non-hydrogen) atoms. The Balaban J connectivity index is 1.61. The van der Waals surface area contributed by atoms with Crippen LogP contribution in [-0.2, 0) is 11.3 Å². The van der Waals surface area contributed by atoms with E-state index in [1.165, 1.54) is 15.9 Å². The number of carbonyl (C=O) groups is 1. The zero-order valence-corrected chi connectivity index (χ0v) is 15.3. The standard InChI is InChI=1S/C20H23N5O/c1-4-15(3)16-9-11-18(12-10-16)21-19(26)13-25-23-20(22-24-25)17-7-5-14(2)6-8-17/h5-12,15H,4,13H2,1-3H3,(H,21,26)/t15-/m1/s1. The zero-order chi connectivity index (χ0) is 18.5. The molecule has 134 valence electrons. The summed E-state index contributed by atoms with van der Waals surface area (Å²) in [6, 6.07) is 15.8. The summed E-state index contributed by atoms with van der Waals surface area (Å²) >= 11 is 0. The molecule has 1 N–H and O–H groups in total. The van der Waals surface area contributed by atoms with E-state index in [-0.39, 0.29) is 12.5 Å². The van der Waals surface area contributed by atoms with Gasteiger partial charge in [0.05, 0.1) is 0 Å². The van der Waals surface area contributed by atoms with Crippen molar-refractivity contribution in [2.24, 2.45) is 0 Å². The van der Waals surface area contributed by atoms with Crippen molar-refractivity contribution in [1.29, 1.82) is 0 Å². The summed E-state index contributed by atoms with van der Waals surface area (Å²) in [7, 11) is 0. The second kappa shape index (κ2) is 7.91. The van der Waals surface area contributed by atoms with Crippen LogP contribution in [0.4, 0.5) is 5.69 Å². The molecular weight excluding hydrogens is 326 g/mol. The van der Waals surface area contributed by atoms with E-state index in [1.54, 1.807) is 0 Å². The van der Waals surface area contributed by atoms with E-state index in [4.69, 9.17) is 0 Å². The predicted octanol–water partition coefficient (Wildman–Crippen LogP) is 3.80. The van der Waals surface area contributed by atoms with Gasteiger partial charge in [-0.2, -0.15) is 4.80 Å². The van der Waals surface area contributed by atoms with Crippen molar-refractivity contribution < 1.29 is 4.79 Å². The van der Waals surface area contributed by atoms with Gasteiger partial charge in [-0.3, -0.25) is 4.79 Å². The number of anilines is 1. The monoisotopic (exact) mass is 349 g/mol. The Labute approximate surface area is 153 Å². The zero-order valence-electron chi connectivity index (χ0n) is 15.3. The van der Waals surface area contributed by atoms with Crippen LogP contribution >= 0.6 is 0 Å². The number of tetrazole rings is 1. The SMILES string of the molecule is CC[C@@H](C)c1ccc(NC(=O)Cn2nnc(-c3ccc(C)cc3)n2)cc1. The summed E-state index contributed by atoms with van der Waals surface area (Å²) in [5.74, 6) is 0.837. The summed E-state index contributed by atoms with van der Waals surface area (Å²) in [6.45, 7) is 6.39. The van der Waals surface area contributed by atoms with Gasteiger partial charge in [-0.1, -0.05) is 55.8 Å². The Morgan fingerprint density at radius 1 is 1.12 bits per heavy atom. The highest BCUT2D eigenvalue weighted by atomic mass is 16.2. The van der Waals surface area contributed by atoms with Crippen molar-refractivity contribution in [2.75, 3.05) is 5.32 Å². The highest BCUT2D eigenvalue weighted by Gasteiger charge is 2.10. The lowest BCUT2D eigenvalue weighted by molar-refractivity contribution is -0.117. The topological polar surface area (TPSA) is 72.7 Å². The molecule has 0 saturated carbocycles. The minimum absolute atomic E-state index is 0.0198. The highest BCUT2D eigenvalue weighted by Crippen LogP contribution is 2.20. The van der Waals surface area contributed by atoms with Gasteiger partial charge in [0.2, 0.25) is 11.7 Å². The van der Waals surface area contributed by atoms with E-state index in [9.17, 15) is 4.79 Å². The first-order valence-electron chi connectivity index (χ1n) is 8.80. The third kappa shape index (κ3) is 4.33. The molecule has 0 aliphatic heterocycles. The summed E-state index contributed by atoms with van der Waals surface area (Å²) in [4.78, 5) is 13.5. The maximum atomic E-state index is 12.2. The van der Waals surface area contributed by atoms with Crippen LogP contribution in [0, 0.1) is 6.92 Å². The molecule has 2 aromatic carbocycles. The van der Waals surface area contributed by atoms with Crippen molar-refractivity contribution >= 4 is 11.6 Å². The number of carbonyl (C=O) groups excluding carboxylic acids is 1. The average Bonchev–Trinajstić information content (AvgIpc) is 3.10. The van der Waals surface area contributed by atoms with Crippen LogP contribution in [0.1, 0.15) is 37.3 Å². The molecule has 1 amide bonds.